The highest BCUT2D eigenvalue weighted by Gasteiger charge is 2.46. The average Bonchev–Trinajstić information content (AvgIpc) is 1.59. The van der Waals surface area contributed by atoms with E-state index in [-0.39, 0.29) is 24.8 Å². The Hall–Kier alpha value is 0.500. The maximum atomic E-state index is 3.32. The summed E-state index contributed by atoms with van der Waals surface area (Å²) in [6.45, 7) is 8.70. The molecule has 2 nitrogen and oxygen atoms in total. The zero-order valence-corrected chi connectivity index (χ0v) is 8.43. The van der Waals surface area contributed by atoms with E-state index in [1.807, 2.05) is 0 Å². The molecule has 4 heteroatoms. The van der Waals surface area contributed by atoms with Gasteiger partial charge in [-0.3, -0.25) is 0 Å². The monoisotopic (exact) mass is 198 g/mol. The van der Waals surface area contributed by atoms with Crippen molar-refractivity contribution in [2.75, 3.05) is 32.7 Å². The Labute approximate surface area is 80.5 Å². The molecule has 0 amide bonds. The number of likely N-dealkylation sites (tertiary alicyclic amines) is 1. The smallest absolute Gasteiger partial charge is 0.0207 e. The molecular formula is C7H16Cl2N2. The summed E-state index contributed by atoms with van der Waals surface area (Å²) < 4.78 is 0. The second kappa shape index (κ2) is 3.94. The zero-order valence-electron chi connectivity index (χ0n) is 6.80. The summed E-state index contributed by atoms with van der Waals surface area (Å²) in [6.07, 6.45) is 0. The molecule has 0 aromatic rings. The van der Waals surface area contributed by atoms with E-state index in [1.165, 1.54) is 32.7 Å². The van der Waals surface area contributed by atoms with Crippen LogP contribution < -0.4 is 5.32 Å². The number of nitrogens with one attached hydrogen (secondary N) is 1. The molecule has 0 unspecified atom stereocenters. The Kier molecular flexibility index (Phi) is 4.12. The summed E-state index contributed by atoms with van der Waals surface area (Å²) in [6, 6.07) is 0. The van der Waals surface area contributed by atoms with Gasteiger partial charge in [0.15, 0.2) is 0 Å². The van der Waals surface area contributed by atoms with Crippen molar-refractivity contribution in [3.05, 3.63) is 0 Å². The van der Waals surface area contributed by atoms with Crippen LogP contribution in [0.5, 0.6) is 0 Å². The fourth-order valence-electron chi connectivity index (χ4n) is 1.83. The number of nitrogens with zero attached hydrogens (tertiary/aromatic N) is 1. The van der Waals surface area contributed by atoms with Crippen LogP contribution in [0.25, 0.3) is 0 Å². The van der Waals surface area contributed by atoms with E-state index in [0.717, 1.165) is 5.41 Å². The summed E-state index contributed by atoms with van der Waals surface area (Å²) in [7, 11) is 0. The molecule has 11 heavy (non-hydrogen) atoms. The second-order valence-corrected chi connectivity index (χ2v) is 3.41. The molecule has 0 radical (unpaired) electrons. The molecule has 2 aliphatic rings. The molecule has 1 N–H and O–H groups in total. The van der Waals surface area contributed by atoms with Gasteiger partial charge in [0.25, 0.3) is 0 Å². The minimum Gasteiger partial charge on any atom is -0.315 e. The zero-order chi connectivity index (χ0) is 6.32. The normalized spacial score (nSPS) is 25.9. The number of hydrogen-bond donors (Lipinski definition) is 1. The first kappa shape index (κ1) is 11.5. The standard InChI is InChI=1S/C7H14N2.2ClH/c1-2-9-5-7(6-9)3-8-4-7;;/h8H,2-6H2,1H3;2*1H. The lowest BCUT2D eigenvalue weighted by Crippen LogP contribution is -2.70. The Balaban J connectivity index is 0.000000500. The predicted octanol–water partition coefficient (Wildman–Crippen LogP) is 0.755. The number of rotatable bonds is 1. The second-order valence-electron chi connectivity index (χ2n) is 3.41. The van der Waals surface area contributed by atoms with Crippen molar-refractivity contribution in [1.82, 2.24) is 10.2 Å². The first-order valence-corrected chi connectivity index (χ1v) is 3.78. The van der Waals surface area contributed by atoms with Gasteiger partial charge >= 0.3 is 0 Å². The molecular weight excluding hydrogens is 183 g/mol. The van der Waals surface area contributed by atoms with E-state index < -0.39 is 0 Å². The van der Waals surface area contributed by atoms with Crippen molar-refractivity contribution >= 4 is 24.8 Å². The molecule has 0 bridgehead atoms. The SMILES string of the molecule is CCN1CC2(CNC2)C1.Cl.Cl. The molecule has 1 spiro atoms. The van der Waals surface area contributed by atoms with Gasteiger partial charge < -0.3 is 10.2 Å². The van der Waals surface area contributed by atoms with Gasteiger partial charge in [-0.25, -0.2) is 0 Å². The summed E-state index contributed by atoms with van der Waals surface area (Å²) in [5.41, 5.74) is 0.732. The summed E-state index contributed by atoms with van der Waals surface area (Å²) >= 11 is 0. The van der Waals surface area contributed by atoms with Crippen molar-refractivity contribution in [3.8, 4) is 0 Å². The minimum atomic E-state index is 0. The molecule has 0 aromatic carbocycles. The Bertz CT molecular complexity index is 118. The number of halogens is 2. The van der Waals surface area contributed by atoms with Crippen LogP contribution in [-0.4, -0.2) is 37.6 Å². The Morgan fingerprint density at radius 2 is 1.82 bits per heavy atom. The summed E-state index contributed by atoms with van der Waals surface area (Å²) in [5.74, 6) is 0. The lowest BCUT2D eigenvalue weighted by Gasteiger charge is -2.56. The fourth-order valence-corrected chi connectivity index (χ4v) is 1.83. The van der Waals surface area contributed by atoms with Crippen molar-refractivity contribution in [1.29, 1.82) is 0 Å². The summed E-state index contributed by atoms with van der Waals surface area (Å²) in [4.78, 5) is 2.50. The summed E-state index contributed by atoms with van der Waals surface area (Å²) in [5, 5.41) is 3.32. The highest BCUT2D eigenvalue weighted by atomic mass is 35.5. The quantitative estimate of drug-likeness (QED) is 0.670. The molecule has 0 saturated carbocycles. The Morgan fingerprint density at radius 3 is 2.09 bits per heavy atom. The molecule has 2 heterocycles. The van der Waals surface area contributed by atoms with Gasteiger partial charge in [-0.1, -0.05) is 6.92 Å². The van der Waals surface area contributed by atoms with Crippen LogP contribution in [0.15, 0.2) is 0 Å². The lowest BCUT2D eigenvalue weighted by molar-refractivity contribution is -0.0357. The van der Waals surface area contributed by atoms with E-state index in [4.69, 9.17) is 0 Å². The first-order chi connectivity index (χ1) is 4.35. The molecule has 0 aliphatic carbocycles. The van der Waals surface area contributed by atoms with Gasteiger partial charge in [0.05, 0.1) is 0 Å². The molecule has 0 aromatic heterocycles. The number of hydrogen-bond acceptors (Lipinski definition) is 2. The van der Waals surface area contributed by atoms with Gasteiger partial charge in [-0.15, -0.1) is 24.8 Å². The molecule has 0 atom stereocenters. The van der Waals surface area contributed by atoms with E-state index in [0.29, 0.717) is 0 Å². The van der Waals surface area contributed by atoms with Gasteiger partial charge in [0.2, 0.25) is 0 Å². The van der Waals surface area contributed by atoms with E-state index >= 15 is 0 Å². The van der Waals surface area contributed by atoms with Crippen molar-refractivity contribution in [2.24, 2.45) is 5.41 Å². The highest BCUT2D eigenvalue weighted by Crippen LogP contribution is 2.33. The van der Waals surface area contributed by atoms with Gasteiger partial charge in [0, 0.05) is 31.6 Å². The van der Waals surface area contributed by atoms with Crippen LogP contribution in [0.1, 0.15) is 6.92 Å². The maximum absolute atomic E-state index is 3.32. The van der Waals surface area contributed by atoms with Crippen LogP contribution in [-0.2, 0) is 0 Å². The largest absolute Gasteiger partial charge is 0.315 e. The third kappa shape index (κ3) is 1.81. The van der Waals surface area contributed by atoms with Crippen molar-refractivity contribution in [2.45, 2.75) is 6.92 Å². The fraction of sp³-hybridized carbons (Fsp3) is 1.00. The van der Waals surface area contributed by atoms with Crippen molar-refractivity contribution in [3.63, 3.8) is 0 Å². The Morgan fingerprint density at radius 1 is 1.27 bits per heavy atom. The topological polar surface area (TPSA) is 15.3 Å². The highest BCUT2D eigenvalue weighted by molar-refractivity contribution is 5.85. The van der Waals surface area contributed by atoms with Gasteiger partial charge in [0.1, 0.15) is 0 Å². The average molecular weight is 199 g/mol. The van der Waals surface area contributed by atoms with E-state index in [2.05, 4.69) is 17.1 Å². The van der Waals surface area contributed by atoms with Gasteiger partial charge in [-0.2, -0.15) is 0 Å². The van der Waals surface area contributed by atoms with Crippen LogP contribution in [0.2, 0.25) is 0 Å². The first-order valence-electron chi connectivity index (χ1n) is 3.78. The molecule has 68 valence electrons. The van der Waals surface area contributed by atoms with Crippen LogP contribution in [0, 0.1) is 5.41 Å². The third-order valence-electron chi connectivity index (χ3n) is 2.57. The molecule has 2 rings (SSSR count). The molecule has 2 aliphatic heterocycles. The molecule has 2 saturated heterocycles. The van der Waals surface area contributed by atoms with Crippen LogP contribution >= 0.6 is 24.8 Å². The van der Waals surface area contributed by atoms with Crippen molar-refractivity contribution < 1.29 is 0 Å². The predicted molar refractivity (Wildman–Crippen MR) is 51.9 cm³/mol. The maximum Gasteiger partial charge on any atom is 0.0207 e. The van der Waals surface area contributed by atoms with Crippen LogP contribution in [0.4, 0.5) is 0 Å². The third-order valence-corrected chi connectivity index (χ3v) is 2.57. The van der Waals surface area contributed by atoms with Gasteiger partial charge in [-0.05, 0) is 6.54 Å². The van der Waals surface area contributed by atoms with Crippen LogP contribution in [0.3, 0.4) is 0 Å². The lowest BCUT2D eigenvalue weighted by atomic mass is 9.74. The van der Waals surface area contributed by atoms with E-state index in [9.17, 15) is 0 Å². The molecule has 2 fully saturated rings. The van der Waals surface area contributed by atoms with E-state index in [1.54, 1.807) is 0 Å². The minimum absolute atomic E-state index is 0.